The molecule has 10 nitrogen and oxygen atoms in total. The Morgan fingerprint density at radius 1 is 1.14 bits per heavy atom. The van der Waals surface area contributed by atoms with E-state index in [1.54, 1.807) is 19.9 Å². The zero-order valence-electron chi connectivity index (χ0n) is 16.1. The number of nitro groups is 1. The van der Waals surface area contributed by atoms with Crippen molar-refractivity contribution < 1.29 is 19.5 Å². The van der Waals surface area contributed by atoms with Gasteiger partial charge in [-0.1, -0.05) is 6.07 Å². The minimum atomic E-state index is -0.782. The Labute approximate surface area is 164 Å². The van der Waals surface area contributed by atoms with Crippen LogP contribution in [0.3, 0.4) is 0 Å². The van der Waals surface area contributed by atoms with Crippen molar-refractivity contribution >= 4 is 22.8 Å². The molecule has 150 valence electrons. The van der Waals surface area contributed by atoms with Crippen LogP contribution in [0, 0.1) is 24.0 Å². The van der Waals surface area contributed by atoms with Crippen LogP contribution in [0.4, 0.5) is 5.69 Å². The summed E-state index contributed by atoms with van der Waals surface area (Å²) in [5.41, 5.74) is -0.124. The zero-order valence-corrected chi connectivity index (χ0v) is 16.1. The van der Waals surface area contributed by atoms with E-state index in [-0.39, 0.29) is 16.8 Å². The van der Waals surface area contributed by atoms with Crippen LogP contribution in [-0.2, 0) is 0 Å². The molecule has 1 heterocycles. The van der Waals surface area contributed by atoms with Gasteiger partial charge >= 0.3 is 0 Å². The summed E-state index contributed by atoms with van der Waals surface area (Å²) in [6, 6.07) is 5.72. The molecule has 29 heavy (non-hydrogen) atoms. The molecule has 1 aromatic heterocycles. The first-order valence-corrected chi connectivity index (χ1v) is 8.42. The average molecular weight is 397 g/mol. The Hall–Kier alpha value is -3.95. The third kappa shape index (κ3) is 3.59. The molecule has 3 rings (SSSR count). The number of fused-ring (bicyclic) bond motifs is 1. The van der Waals surface area contributed by atoms with E-state index in [2.05, 4.69) is 10.1 Å². The molecule has 0 unspecified atom stereocenters. The lowest BCUT2D eigenvalue weighted by molar-refractivity contribution is -0.398. The number of benzene rings is 2. The summed E-state index contributed by atoms with van der Waals surface area (Å²) in [6.07, 6.45) is 1.12. The van der Waals surface area contributed by atoms with E-state index in [4.69, 9.17) is 9.47 Å². The van der Waals surface area contributed by atoms with Crippen molar-refractivity contribution in [3.63, 3.8) is 0 Å². The summed E-state index contributed by atoms with van der Waals surface area (Å²) < 4.78 is 11.5. The molecular formula is C19H17N4O6-. The van der Waals surface area contributed by atoms with Gasteiger partial charge in [0.15, 0.2) is 11.5 Å². The molecule has 0 bridgehead atoms. The van der Waals surface area contributed by atoms with Gasteiger partial charge in [-0.15, -0.1) is 0 Å². The van der Waals surface area contributed by atoms with Crippen LogP contribution in [0.25, 0.3) is 10.9 Å². The molecule has 0 aliphatic carbocycles. The van der Waals surface area contributed by atoms with Gasteiger partial charge in [0.25, 0.3) is 11.2 Å². The molecule has 0 spiro atoms. The molecule has 0 aliphatic heterocycles. The van der Waals surface area contributed by atoms with Crippen LogP contribution in [0.15, 0.2) is 34.2 Å². The first kappa shape index (κ1) is 19.8. The van der Waals surface area contributed by atoms with E-state index < -0.39 is 21.9 Å². The van der Waals surface area contributed by atoms with Crippen LogP contribution in [0.2, 0.25) is 0 Å². The topological polar surface area (TPSA) is 132 Å². The van der Waals surface area contributed by atoms with E-state index in [0.717, 1.165) is 10.9 Å². The second-order valence-electron chi connectivity index (χ2n) is 6.20. The highest BCUT2D eigenvalue weighted by Crippen LogP contribution is 2.30. The van der Waals surface area contributed by atoms with E-state index in [9.17, 15) is 20.0 Å². The Balaban J connectivity index is 2.16. The van der Waals surface area contributed by atoms with Gasteiger partial charge in [0.1, 0.15) is 5.82 Å². The van der Waals surface area contributed by atoms with E-state index in [1.807, 2.05) is 0 Å². The van der Waals surface area contributed by atoms with Crippen molar-refractivity contribution in [1.29, 1.82) is 0 Å². The number of aryl methyl sites for hydroxylation is 2. The number of nitro benzene ring substituents is 1. The third-order valence-corrected chi connectivity index (χ3v) is 4.26. The van der Waals surface area contributed by atoms with Crippen molar-refractivity contribution in [1.82, 2.24) is 9.66 Å². The lowest BCUT2D eigenvalue weighted by atomic mass is 10.1. The molecule has 0 aliphatic rings. The second kappa shape index (κ2) is 7.58. The predicted molar refractivity (Wildman–Crippen MR) is 104 cm³/mol. The molecule has 10 heteroatoms. The van der Waals surface area contributed by atoms with Crippen molar-refractivity contribution in [2.75, 3.05) is 14.2 Å². The fourth-order valence-electron chi connectivity index (χ4n) is 2.88. The molecule has 0 saturated carbocycles. The van der Waals surface area contributed by atoms with Gasteiger partial charge in [-0.05, 0) is 36.8 Å². The average Bonchev–Trinajstić information content (AvgIpc) is 2.68. The number of aromatic nitrogens is 2. The maximum absolute atomic E-state index is 12.9. The zero-order chi connectivity index (χ0) is 21.3. The van der Waals surface area contributed by atoms with Gasteiger partial charge < -0.3 is 14.6 Å². The lowest BCUT2D eigenvalue weighted by Gasteiger charge is -2.12. The van der Waals surface area contributed by atoms with Crippen LogP contribution in [0.5, 0.6) is 17.2 Å². The van der Waals surface area contributed by atoms with E-state index in [1.165, 1.54) is 32.4 Å². The molecule has 0 atom stereocenters. The normalized spacial score (nSPS) is 11.2. The maximum Gasteiger partial charge on any atom is 0.282 e. The molecule has 2 aromatic carbocycles. The predicted octanol–water partition coefficient (Wildman–Crippen LogP) is 1.89. The summed E-state index contributed by atoms with van der Waals surface area (Å²) in [7, 11) is 2.92. The summed E-state index contributed by atoms with van der Waals surface area (Å²) in [4.78, 5) is 27.5. The first-order valence-electron chi connectivity index (χ1n) is 8.42. The molecule has 0 amide bonds. The van der Waals surface area contributed by atoms with Gasteiger partial charge in [0, 0.05) is 12.1 Å². The molecule has 0 fully saturated rings. The van der Waals surface area contributed by atoms with E-state index >= 15 is 0 Å². The molecule has 0 N–H and O–H groups in total. The molecular weight excluding hydrogens is 380 g/mol. The number of hydrogen-bond acceptors (Lipinski definition) is 8. The molecule has 0 radical (unpaired) electrons. The standard InChI is InChI=1S/C19H18N4O6/c1-10-5-12(18(24)15(6-10)23(26)27)9-20-22-11(2)21-14-8-17(29-4)16(28-3)7-13(14)19(22)25/h5-9,24H,1-4H3/p-1. The summed E-state index contributed by atoms with van der Waals surface area (Å²) in [6.45, 7) is 3.20. The van der Waals surface area contributed by atoms with Crippen LogP contribution < -0.4 is 20.1 Å². The number of ether oxygens (including phenoxy) is 2. The van der Waals surface area contributed by atoms with Crippen molar-refractivity contribution in [3.8, 4) is 17.2 Å². The van der Waals surface area contributed by atoms with Crippen LogP contribution >= 0.6 is 0 Å². The first-order chi connectivity index (χ1) is 13.8. The number of rotatable bonds is 5. The monoisotopic (exact) mass is 397 g/mol. The summed E-state index contributed by atoms with van der Waals surface area (Å²) in [5.74, 6) is 0.265. The minimum absolute atomic E-state index is 0.00425. The fraction of sp³-hybridized carbons (Fsp3) is 0.211. The molecule has 0 saturated heterocycles. The van der Waals surface area contributed by atoms with Crippen molar-refractivity contribution in [3.05, 3.63) is 61.7 Å². The third-order valence-electron chi connectivity index (χ3n) is 4.26. The van der Waals surface area contributed by atoms with Gasteiger partial charge in [0.2, 0.25) is 0 Å². The Bertz CT molecular complexity index is 1220. The minimum Gasteiger partial charge on any atom is -0.867 e. The smallest absolute Gasteiger partial charge is 0.282 e. The van der Waals surface area contributed by atoms with E-state index in [0.29, 0.717) is 22.6 Å². The maximum atomic E-state index is 12.9. The number of nitrogens with zero attached hydrogens (tertiary/aromatic N) is 4. The Morgan fingerprint density at radius 3 is 2.41 bits per heavy atom. The highest BCUT2D eigenvalue weighted by molar-refractivity contribution is 5.86. The summed E-state index contributed by atoms with van der Waals surface area (Å²) >= 11 is 0. The number of hydrogen-bond donors (Lipinski definition) is 0. The highest BCUT2D eigenvalue weighted by Gasteiger charge is 2.14. The lowest BCUT2D eigenvalue weighted by Crippen LogP contribution is -2.21. The van der Waals surface area contributed by atoms with Crippen LogP contribution in [-0.4, -0.2) is 35.0 Å². The highest BCUT2D eigenvalue weighted by atomic mass is 16.6. The van der Waals surface area contributed by atoms with Crippen LogP contribution in [0.1, 0.15) is 17.0 Å². The van der Waals surface area contributed by atoms with Gasteiger partial charge in [-0.3, -0.25) is 14.9 Å². The largest absolute Gasteiger partial charge is 0.867 e. The number of methoxy groups -OCH3 is 2. The van der Waals surface area contributed by atoms with Gasteiger partial charge in [-0.25, -0.2) is 4.98 Å². The van der Waals surface area contributed by atoms with Gasteiger partial charge in [-0.2, -0.15) is 9.78 Å². The molecule has 3 aromatic rings. The quantitative estimate of drug-likeness (QED) is 0.365. The van der Waals surface area contributed by atoms with Crippen molar-refractivity contribution in [2.24, 2.45) is 5.10 Å². The summed E-state index contributed by atoms with van der Waals surface area (Å²) in [5, 5.41) is 27.6. The Morgan fingerprint density at radius 2 is 1.79 bits per heavy atom. The Kier molecular flexibility index (Phi) is 5.18. The van der Waals surface area contributed by atoms with Gasteiger partial charge in [0.05, 0.1) is 36.3 Å². The SMILES string of the molecule is COc1cc2nc(C)n(N=Cc3cc(C)cc([N+](=O)[O-])c3[O-])c(=O)c2cc1OC. The fourth-order valence-corrected chi connectivity index (χ4v) is 2.88. The second-order valence-corrected chi connectivity index (χ2v) is 6.20. The van der Waals surface area contributed by atoms with Crippen molar-refractivity contribution in [2.45, 2.75) is 13.8 Å².